The number of methoxy groups -OCH3 is 1. The van der Waals surface area contributed by atoms with Gasteiger partial charge in [0.1, 0.15) is 23.1 Å². The van der Waals surface area contributed by atoms with Crippen LogP contribution >= 0.6 is 27.3 Å². The lowest BCUT2D eigenvalue weighted by Gasteiger charge is -2.13. The fourth-order valence-electron chi connectivity index (χ4n) is 3.91. The number of hydrogen-bond acceptors (Lipinski definition) is 6. The van der Waals surface area contributed by atoms with E-state index in [1.807, 2.05) is 54.6 Å². The van der Waals surface area contributed by atoms with Gasteiger partial charge in [-0.15, -0.1) is 11.3 Å². The van der Waals surface area contributed by atoms with Gasteiger partial charge in [0.15, 0.2) is 0 Å². The summed E-state index contributed by atoms with van der Waals surface area (Å²) < 4.78 is 17.5. The van der Waals surface area contributed by atoms with Gasteiger partial charge in [-0.1, -0.05) is 49.4 Å². The van der Waals surface area contributed by atoms with Crippen molar-refractivity contribution in [3.05, 3.63) is 110 Å². The maximum atomic E-state index is 13.3. The van der Waals surface area contributed by atoms with Crippen LogP contribution in [0.1, 0.15) is 56.5 Å². The molecular formula is C30H28BrNO5S. The minimum Gasteiger partial charge on any atom is -0.496 e. The SMILES string of the molecule is CCOC(=O)c1cc(C(C)c2ccccc2)sc1NC(=O)c1ccc(OC)c(COc2ccccc2Br)c1. The molecule has 0 aliphatic rings. The van der Waals surface area contributed by atoms with E-state index in [4.69, 9.17) is 14.2 Å². The molecule has 38 heavy (non-hydrogen) atoms. The molecule has 1 amide bonds. The molecule has 8 heteroatoms. The molecule has 0 aliphatic carbocycles. The highest BCUT2D eigenvalue weighted by atomic mass is 79.9. The number of rotatable bonds is 10. The van der Waals surface area contributed by atoms with Crippen LogP contribution in [-0.4, -0.2) is 25.6 Å². The molecule has 3 aromatic carbocycles. The first-order chi connectivity index (χ1) is 18.4. The zero-order chi connectivity index (χ0) is 27.1. The lowest BCUT2D eigenvalue weighted by atomic mass is 9.99. The van der Waals surface area contributed by atoms with E-state index in [-0.39, 0.29) is 25.0 Å². The highest BCUT2D eigenvalue weighted by Gasteiger charge is 2.23. The van der Waals surface area contributed by atoms with E-state index in [0.29, 0.717) is 33.2 Å². The fraction of sp³-hybridized carbons (Fsp3) is 0.200. The van der Waals surface area contributed by atoms with Crippen LogP contribution in [-0.2, 0) is 11.3 Å². The van der Waals surface area contributed by atoms with Crippen molar-refractivity contribution in [2.24, 2.45) is 0 Å². The van der Waals surface area contributed by atoms with E-state index in [1.165, 1.54) is 11.3 Å². The summed E-state index contributed by atoms with van der Waals surface area (Å²) in [5.74, 6) is 0.518. The summed E-state index contributed by atoms with van der Waals surface area (Å²) in [5.41, 5.74) is 2.59. The van der Waals surface area contributed by atoms with Crippen LogP contribution in [0.15, 0.2) is 83.3 Å². The second kappa shape index (κ2) is 12.8. The number of carbonyl (C=O) groups is 2. The van der Waals surface area contributed by atoms with Gasteiger partial charge in [0.25, 0.3) is 5.91 Å². The van der Waals surface area contributed by atoms with Crippen LogP contribution in [0, 0.1) is 0 Å². The van der Waals surface area contributed by atoms with Crippen LogP contribution < -0.4 is 14.8 Å². The smallest absolute Gasteiger partial charge is 0.341 e. The monoisotopic (exact) mass is 593 g/mol. The Morgan fingerprint density at radius 2 is 1.71 bits per heavy atom. The highest BCUT2D eigenvalue weighted by Crippen LogP contribution is 2.37. The number of esters is 1. The van der Waals surface area contributed by atoms with Crippen LogP contribution in [0.2, 0.25) is 0 Å². The maximum Gasteiger partial charge on any atom is 0.341 e. The standard InChI is InChI=1S/C30H28BrNO5S/c1-4-36-30(34)23-17-27(19(2)20-10-6-5-7-11-20)38-29(23)32-28(33)21-14-15-25(35-3)22(16-21)18-37-26-13-9-8-12-24(26)31/h5-17,19H,4,18H2,1-3H3,(H,32,33). The molecule has 0 radical (unpaired) electrons. The molecule has 1 heterocycles. The Morgan fingerprint density at radius 3 is 2.42 bits per heavy atom. The summed E-state index contributed by atoms with van der Waals surface area (Å²) in [5, 5.41) is 3.38. The molecule has 4 aromatic rings. The minimum atomic E-state index is -0.470. The first kappa shape index (κ1) is 27.4. The Kier molecular flexibility index (Phi) is 9.20. The van der Waals surface area contributed by atoms with Crippen molar-refractivity contribution < 1.29 is 23.8 Å². The first-order valence-corrected chi connectivity index (χ1v) is 13.7. The zero-order valence-corrected chi connectivity index (χ0v) is 23.7. The van der Waals surface area contributed by atoms with Gasteiger partial charge in [-0.25, -0.2) is 4.79 Å². The summed E-state index contributed by atoms with van der Waals surface area (Å²) in [6, 6.07) is 24.5. The normalized spacial score (nSPS) is 11.5. The van der Waals surface area contributed by atoms with Crippen molar-refractivity contribution in [3.8, 4) is 11.5 Å². The van der Waals surface area contributed by atoms with E-state index in [1.54, 1.807) is 38.3 Å². The number of anilines is 1. The summed E-state index contributed by atoms with van der Waals surface area (Å²) in [6.07, 6.45) is 0. The zero-order valence-electron chi connectivity index (χ0n) is 21.3. The second-order valence-electron chi connectivity index (χ2n) is 8.44. The van der Waals surface area contributed by atoms with Crippen molar-refractivity contribution in [2.45, 2.75) is 26.4 Å². The lowest BCUT2D eigenvalue weighted by Crippen LogP contribution is -2.15. The van der Waals surface area contributed by atoms with Crippen molar-refractivity contribution in [1.29, 1.82) is 0 Å². The summed E-state index contributed by atoms with van der Waals surface area (Å²) in [4.78, 5) is 27.0. The second-order valence-corrected chi connectivity index (χ2v) is 10.4. The van der Waals surface area contributed by atoms with Gasteiger partial charge in [0.05, 0.1) is 23.8 Å². The number of ether oxygens (including phenoxy) is 3. The molecular weight excluding hydrogens is 566 g/mol. The average molecular weight is 595 g/mol. The average Bonchev–Trinajstić information content (AvgIpc) is 3.36. The lowest BCUT2D eigenvalue weighted by molar-refractivity contribution is 0.0528. The molecule has 0 aliphatic heterocycles. The van der Waals surface area contributed by atoms with E-state index in [2.05, 4.69) is 28.2 Å². The van der Waals surface area contributed by atoms with Gasteiger partial charge in [-0.2, -0.15) is 0 Å². The third-order valence-electron chi connectivity index (χ3n) is 5.96. The molecule has 0 fully saturated rings. The Balaban J connectivity index is 1.59. The van der Waals surface area contributed by atoms with Gasteiger partial charge in [-0.3, -0.25) is 4.79 Å². The molecule has 6 nitrogen and oxygen atoms in total. The molecule has 1 unspecified atom stereocenters. The number of amides is 1. The van der Waals surface area contributed by atoms with Crippen LogP contribution in [0.5, 0.6) is 11.5 Å². The summed E-state index contributed by atoms with van der Waals surface area (Å²) in [7, 11) is 1.57. The van der Waals surface area contributed by atoms with Gasteiger partial charge in [0.2, 0.25) is 0 Å². The summed E-state index contributed by atoms with van der Waals surface area (Å²) >= 11 is 4.85. The molecule has 4 rings (SSSR count). The molecule has 0 saturated carbocycles. The molecule has 196 valence electrons. The number of nitrogens with one attached hydrogen (secondary N) is 1. The summed E-state index contributed by atoms with van der Waals surface area (Å²) in [6.45, 7) is 4.28. The van der Waals surface area contributed by atoms with Gasteiger partial charge in [0, 0.05) is 21.9 Å². The number of carbonyl (C=O) groups excluding carboxylic acids is 2. The van der Waals surface area contributed by atoms with Gasteiger partial charge >= 0.3 is 5.97 Å². The van der Waals surface area contributed by atoms with Crippen molar-refractivity contribution in [3.63, 3.8) is 0 Å². The van der Waals surface area contributed by atoms with Gasteiger partial charge < -0.3 is 19.5 Å². The molecule has 0 saturated heterocycles. The molecule has 1 aromatic heterocycles. The third-order valence-corrected chi connectivity index (χ3v) is 7.85. The van der Waals surface area contributed by atoms with Crippen LogP contribution in [0.4, 0.5) is 5.00 Å². The van der Waals surface area contributed by atoms with Crippen molar-refractivity contribution in [2.75, 3.05) is 19.0 Å². The minimum absolute atomic E-state index is 0.0436. The van der Waals surface area contributed by atoms with E-state index in [9.17, 15) is 9.59 Å². The van der Waals surface area contributed by atoms with E-state index < -0.39 is 5.97 Å². The van der Waals surface area contributed by atoms with Crippen LogP contribution in [0.25, 0.3) is 0 Å². The van der Waals surface area contributed by atoms with E-state index >= 15 is 0 Å². The van der Waals surface area contributed by atoms with E-state index in [0.717, 1.165) is 14.9 Å². The fourth-order valence-corrected chi connectivity index (χ4v) is 5.43. The first-order valence-electron chi connectivity index (χ1n) is 12.1. The third kappa shape index (κ3) is 6.44. The van der Waals surface area contributed by atoms with Crippen molar-refractivity contribution in [1.82, 2.24) is 0 Å². The van der Waals surface area contributed by atoms with Crippen LogP contribution in [0.3, 0.4) is 0 Å². The Hall–Kier alpha value is -3.62. The Labute approximate surface area is 234 Å². The number of thiophene rings is 1. The Morgan fingerprint density at radius 1 is 0.974 bits per heavy atom. The number of benzene rings is 3. The van der Waals surface area contributed by atoms with Gasteiger partial charge in [-0.05, 0) is 64.8 Å². The number of halogens is 1. The predicted octanol–water partition coefficient (Wildman–Crippen LogP) is 7.68. The molecule has 0 bridgehead atoms. The number of hydrogen-bond donors (Lipinski definition) is 1. The molecule has 1 atom stereocenters. The topological polar surface area (TPSA) is 73.9 Å². The maximum absolute atomic E-state index is 13.3. The van der Waals surface area contributed by atoms with Crippen molar-refractivity contribution >= 4 is 44.1 Å². The quantitative estimate of drug-likeness (QED) is 0.191. The Bertz CT molecular complexity index is 1420. The molecule has 0 spiro atoms. The molecule has 1 N–H and O–H groups in total. The predicted molar refractivity (Wildman–Crippen MR) is 154 cm³/mol. The highest BCUT2D eigenvalue weighted by molar-refractivity contribution is 9.10. The number of para-hydroxylation sites is 1. The largest absolute Gasteiger partial charge is 0.496 e.